The first-order valence-corrected chi connectivity index (χ1v) is 6.58. The molecular formula is C13H17ClN2O3. The van der Waals surface area contributed by atoms with E-state index in [2.05, 4.69) is 5.32 Å². The van der Waals surface area contributed by atoms with Gasteiger partial charge in [-0.15, -0.1) is 11.6 Å². The summed E-state index contributed by atoms with van der Waals surface area (Å²) in [5, 5.41) is 13.4. The highest BCUT2D eigenvalue weighted by Gasteiger charge is 2.13. The van der Waals surface area contributed by atoms with Crippen LogP contribution in [-0.4, -0.2) is 23.3 Å². The van der Waals surface area contributed by atoms with E-state index in [-0.39, 0.29) is 11.6 Å². The number of halogens is 1. The van der Waals surface area contributed by atoms with Gasteiger partial charge in [-0.25, -0.2) is 0 Å². The predicted octanol–water partition coefficient (Wildman–Crippen LogP) is 2.90. The summed E-state index contributed by atoms with van der Waals surface area (Å²) in [5.74, 6) is 0.654. The van der Waals surface area contributed by atoms with Crippen LogP contribution in [-0.2, 0) is 0 Å². The van der Waals surface area contributed by atoms with Gasteiger partial charge < -0.3 is 5.32 Å². The Bertz CT molecular complexity index is 477. The second-order valence-electron chi connectivity index (χ2n) is 4.55. The summed E-state index contributed by atoms with van der Waals surface area (Å²) in [5.41, 5.74) is 1.05. The Morgan fingerprint density at radius 2 is 2.21 bits per heavy atom. The highest BCUT2D eigenvalue weighted by molar-refractivity contribution is 6.17. The van der Waals surface area contributed by atoms with Gasteiger partial charge in [-0.2, -0.15) is 0 Å². The molecule has 0 aliphatic heterocycles. The second kappa shape index (κ2) is 7.09. The fourth-order valence-corrected chi connectivity index (χ4v) is 2.04. The molecule has 0 aliphatic carbocycles. The average Bonchev–Trinajstić information content (AvgIpc) is 2.36. The normalized spacial score (nSPS) is 11.9. The fraction of sp³-hybridized carbons (Fsp3) is 0.462. The molecule has 0 aliphatic rings. The van der Waals surface area contributed by atoms with Crippen LogP contribution in [0.25, 0.3) is 0 Å². The molecule has 1 aromatic rings. The number of aryl methyl sites for hydroxylation is 1. The van der Waals surface area contributed by atoms with Crippen molar-refractivity contribution in [3.05, 3.63) is 39.4 Å². The average molecular weight is 285 g/mol. The SMILES string of the molecule is Cc1cc([N+](=O)[O-])ccc1C(=O)NCC(C)CCCl. The van der Waals surface area contributed by atoms with E-state index >= 15 is 0 Å². The molecule has 104 valence electrons. The van der Waals surface area contributed by atoms with Gasteiger partial charge in [-0.1, -0.05) is 6.92 Å². The van der Waals surface area contributed by atoms with Gasteiger partial charge in [0.05, 0.1) is 4.92 Å². The van der Waals surface area contributed by atoms with Crippen LogP contribution in [0.5, 0.6) is 0 Å². The summed E-state index contributed by atoms with van der Waals surface area (Å²) >= 11 is 5.62. The first-order valence-electron chi connectivity index (χ1n) is 6.05. The first-order chi connectivity index (χ1) is 8.95. The molecule has 5 nitrogen and oxygen atoms in total. The zero-order valence-corrected chi connectivity index (χ0v) is 11.7. The van der Waals surface area contributed by atoms with Crippen molar-refractivity contribution in [1.82, 2.24) is 5.32 Å². The maximum atomic E-state index is 11.9. The van der Waals surface area contributed by atoms with Crippen LogP contribution >= 0.6 is 11.6 Å². The van der Waals surface area contributed by atoms with E-state index in [1.165, 1.54) is 18.2 Å². The molecule has 0 spiro atoms. The van der Waals surface area contributed by atoms with E-state index in [4.69, 9.17) is 11.6 Å². The number of benzene rings is 1. The Labute approximate surface area is 117 Å². The molecule has 1 aromatic carbocycles. The molecule has 0 fully saturated rings. The topological polar surface area (TPSA) is 72.2 Å². The molecule has 1 unspecified atom stereocenters. The zero-order valence-electron chi connectivity index (χ0n) is 11.0. The van der Waals surface area contributed by atoms with Gasteiger partial charge in [0, 0.05) is 30.1 Å². The number of rotatable bonds is 6. The summed E-state index contributed by atoms with van der Waals surface area (Å²) in [6, 6.07) is 4.22. The minimum atomic E-state index is -0.475. The van der Waals surface area contributed by atoms with Gasteiger partial charge in [-0.3, -0.25) is 14.9 Å². The van der Waals surface area contributed by atoms with Gasteiger partial charge in [0.1, 0.15) is 0 Å². The summed E-state index contributed by atoms with van der Waals surface area (Å²) in [7, 11) is 0. The highest BCUT2D eigenvalue weighted by Crippen LogP contribution is 2.17. The molecule has 0 bridgehead atoms. The molecular weight excluding hydrogens is 268 g/mol. The zero-order chi connectivity index (χ0) is 14.4. The van der Waals surface area contributed by atoms with Crippen molar-refractivity contribution >= 4 is 23.2 Å². The van der Waals surface area contributed by atoms with Crippen molar-refractivity contribution in [2.45, 2.75) is 20.3 Å². The smallest absolute Gasteiger partial charge is 0.269 e. The Balaban J connectivity index is 2.70. The molecule has 1 N–H and O–H groups in total. The number of amides is 1. The molecule has 19 heavy (non-hydrogen) atoms. The molecule has 1 amide bonds. The van der Waals surface area contributed by atoms with Crippen molar-refractivity contribution in [1.29, 1.82) is 0 Å². The van der Waals surface area contributed by atoms with Crippen LogP contribution in [0, 0.1) is 23.0 Å². The minimum absolute atomic E-state index is 0.00967. The number of nitrogens with one attached hydrogen (secondary N) is 1. The van der Waals surface area contributed by atoms with E-state index in [0.29, 0.717) is 29.5 Å². The third-order valence-corrected chi connectivity index (χ3v) is 3.10. The van der Waals surface area contributed by atoms with Crippen LogP contribution < -0.4 is 5.32 Å². The lowest BCUT2D eigenvalue weighted by atomic mass is 10.1. The number of carbonyl (C=O) groups is 1. The molecule has 0 heterocycles. The maximum absolute atomic E-state index is 11.9. The Kier molecular flexibility index (Phi) is 5.76. The second-order valence-corrected chi connectivity index (χ2v) is 4.93. The van der Waals surface area contributed by atoms with Crippen molar-refractivity contribution in [2.24, 2.45) is 5.92 Å². The lowest BCUT2D eigenvalue weighted by Crippen LogP contribution is -2.29. The molecule has 1 rings (SSSR count). The molecule has 0 saturated heterocycles. The summed E-state index contributed by atoms with van der Waals surface area (Å²) in [6.45, 7) is 4.23. The fourth-order valence-electron chi connectivity index (χ4n) is 1.67. The minimum Gasteiger partial charge on any atom is -0.352 e. The lowest BCUT2D eigenvalue weighted by molar-refractivity contribution is -0.384. The van der Waals surface area contributed by atoms with Crippen LogP contribution in [0.15, 0.2) is 18.2 Å². The highest BCUT2D eigenvalue weighted by atomic mass is 35.5. The number of non-ortho nitro benzene ring substituents is 1. The van der Waals surface area contributed by atoms with Crippen LogP contribution in [0.3, 0.4) is 0 Å². The molecule has 1 atom stereocenters. The van der Waals surface area contributed by atoms with Crippen LogP contribution in [0.1, 0.15) is 29.3 Å². The quantitative estimate of drug-likeness (QED) is 0.496. The number of nitro groups is 1. The summed E-state index contributed by atoms with van der Waals surface area (Å²) in [4.78, 5) is 22.1. The summed E-state index contributed by atoms with van der Waals surface area (Å²) < 4.78 is 0. The number of nitro benzene ring substituents is 1. The number of carbonyl (C=O) groups excluding carboxylic acids is 1. The van der Waals surface area contributed by atoms with E-state index < -0.39 is 4.92 Å². The lowest BCUT2D eigenvalue weighted by Gasteiger charge is -2.12. The monoisotopic (exact) mass is 284 g/mol. The molecule has 6 heteroatoms. The van der Waals surface area contributed by atoms with E-state index in [0.717, 1.165) is 6.42 Å². The number of nitrogens with zero attached hydrogens (tertiary/aromatic N) is 1. The van der Waals surface area contributed by atoms with E-state index in [1.807, 2.05) is 6.92 Å². The summed E-state index contributed by atoms with van der Waals surface area (Å²) in [6.07, 6.45) is 0.834. The van der Waals surface area contributed by atoms with E-state index in [9.17, 15) is 14.9 Å². The van der Waals surface area contributed by atoms with Crippen molar-refractivity contribution in [3.8, 4) is 0 Å². The largest absolute Gasteiger partial charge is 0.352 e. The van der Waals surface area contributed by atoms with Gasteiger partial charge >= 0.3 is 0 Å². The van der Waals surface area contributed by atoms with Gasteiger partial charge in [0.2, 0.25) is 0 Å². The van der Waals surface area contributed by atoms with Gasteiger partial charge in [0.15, 0.2) is 0 Å². The number of alkyl halides is 1. The van der Waals surface area contributed by atoms with E-state index in [1.54, 1.807) is 6.92 Å². The predicted molar refractivity (Wildman–Crippen MR) is 74.7 cm³/mol. The van der Waals surface area contributed by atoms with Gasteiger partial charge in [0.25, 0.3) is 11.6 Å². The molecule has 0 radical (unpaired) electrons. The van der Waals surface area contributed by atoms with Crippen molar-refractivity contribution in [3.63, 3.8) is 0 Å². The van der Waals surface area contributed by atoms with Crippen LogP contribution in [0.2, 0.25) is 0 Å². The Morgan fingerprint density at radius 3 is 2.74 bits per heavy atom. The Hall–Kier alpha value is -1.62. The Morgan fingerprint density at radius 1 is 1.53 bits per heavy atom. The van der Waals surface area contributed by atoms with Crippen LogP contribution in [0.4, 0.5) is 5.69 Å². The third-order valence-electron chi connectivity index (χ3n) is 2.88. The number of hydrogen-bond acceptors (Lipinski definition) is 3. The van der Waals surface area contributed by atoms with Crippen molar-refractivity contribution in [2.75, 3.05) is 12.4 Å². The standard InChI is InChI=1S/C13H17ClN2O3/c1-9(5-6-14)8-15-13(17)12-4-3-11(16(18)19)7-10(12)2/h3-4,7,9H,5-6,8H2,1-2H3,(H,15,17). The van der Waals surface area contributed by atoms with Crippen molar-refractivity contribution < 1.29 is 9.72 Å². The molecule has 0 saturated carbocycles. The third kappa shape index (κ3) is 4.52. The maximum Gasteiger partial charge on any atom is 0.269 e. The van der Waals surface area contributed by atoms with Gasteiger partial charge in [-0.05, 0) is 30.9 Å². The number of hydrogen-bond donors (Lipinski definition) is 1. The first kappa shape index (κ1) is 15.4. The molecule has 0 aromatic heterocycles.